The fourth-order valence-corrected chi connectivity index (χ4v) is 3.30. The molecule has 1 saturated carbocycles. The largest absolute Gasteiger partial charge is 0.367 e. The number of anilines is 3. The van der Waals surface area contributed by atoms with Crippen molar-refractivity contribution in [2.75, 3.05) is 10.6 Å². The average Bonchev–Trinajstić information content (AvgIpc) is 2.51. The van der Waals surface area contributed by atoms with Crippen LogP contribution in [0, 0.1) is 20.8 Å². The predicted molar refractivity (Wildman–Crippen MR) is 96.5 cm³/mol. The van der Waals surface area contributed by atoms with Gasteiger partial charge in [0.25, 0.3) is 0 Å². The lowest BCUT2D eigenvalue weighted by molar-refractivity contribution is 0.462. The van der Waals surface area contributed by atoms with E-state index in [1.54, 1.807) is 0 Å². The van der Waals surface area contributed by atoms with E-state index in [1.165, 1.54) is 43.2 Å². The minimum Gasteiger partial charge on any atom is -0.367 e. The minimum atomic E-state index is 0.547. The van der Waals surface area contributed by atoms with E-state index in [-0.39, 0.29) is 0 Å². The van der Waals surface area contributed by atoms with E-state index in [4.69, 9.17) is 0 Å². The summed E-state index contributed by atoms with van der Waals surface area (Å²) in [7, 11) is 0. The predicted octanol–water partition coefficient (Wildman–Crippen LogP) is 4.89. The number of hydrogen-bond donors (Lipinski definition) is 2. The molecule has 1 aromatic heterocycles. The highest BCUT2D eigenvalue weighted by molar-refractivity contribution is 5.65. The van der Waals surface area contributed by atoms with Gasteiger partial charge in [0.15, 0.2) is 0 Å². The van der Waals surface area contributed by atoms with Crippen molar-refractivity contribution in [2.45, 2.75) is 58.9 Å². The fourth-order valence-electron chi connectivity index (χ4n) is 3.30. The van der Waals surface area contributed by atoms with Crippen molar-refractivity contribution in [2.24, 2.45) is 0 Å². The van der Waals surface area contributed by atoms with Crippen LogP contribution in [0.4, 0.5) is 17.3 Å². The summed E-state index contributed by atoms with van der Waals surface area (Å²) in [6.07, 6.45) is 6.47. The van der Waals surface area contributed by atoms with Gasteiger partial charge < -0.3 is 10.6 Å². The summed E-state index contributed by atoms with van der Waals surface area (Å²) in [5.74, 6) is 2.57. The summed E-state index contributed by atoms with van der Waals surface area (Å²) < 4.78 is 0. The molecule has 0 atom stereocenters. The third-order valence-electron chi connectivity index (χ3n) is 4.53. The molecule has 0 radical (unpaired) electrons. The molecule has 0 bridgehead atoms. The summed E-state index contributed by atoms with van der Waals surface area (Å²) in [4.78, 5) is 9.09. The van der Waals surface area contributed by atoms with E-state index >= 15 is 0 Å². The summed E-state index contributed by atoms with van der Waals surface area (Å²) in [6, 6.07) is 8.88. The van der Waals surface area contributed by atoms with Gasteiger partial charge in [0.05, 0.1) is 0 Å². The maximum absolute atomic E-state index is 4.55. The van der Waals surface area contributed by atoms with Gasteiger partial charge in [0.1, 0.15) is 17.5 Å². The van der Waals surface area contributed by atoms with Crippen LogP contribution in [0.15, 0.2) is 24.3 Å². The second kappa shape index (κ2) is 6.99. The fraction of sp³-hybridized carbons (Fsp3) is 0.474. The van der Waals surface area contributed by atoms with Crippen molar-refractivity contribution >= 4 is 17.3 Å². The molecule has 3 rings (SSSR count). The number of aryl methyl sites for hydroxylation is 3. The first kappa shape index (κ1) is 15.8. The van der Waals surface area contributed by atoms with Crippen molar-refractivity contribution in [1.29, 1.82) is 0 Å². The van der Waals surface area contributed by atoms with Crippen LogP contribution >= 0.6 is 0 Å². The minimum absolute atomic E-state index is 0.547. The van der Waals surface area contributed by atoms with Crippen LogP contribution < -0.4 is 10.6 Å². The van der Waals surface area contributed by atoms with E-state index < -0.39 is 0 Å². The molecule has 0 spiro atoms. The molecule has 1 aliphatic carbocycles. The standard InChI is InChI=1S/C19H26N4/c1-13-8-7-9-14(2)19(13)23-18-12-17(20-15(3)21-18)22-16-10-5-4-6-11-16/h7-9,12,16H,4-6,10-11H2,1-3H3,(H2,20,21,22,23). The number of para-hydroxylation sites is 1. The number of benzene rings is 1. The summed E-state index contributed by atoms with van der Waals surface area (Å²) in [6.45, 7) is 6.18. The number of aromatic nitrogens is 2. The molecule has 1 heterocycles. The number of nitrogens with one attached hydrogen (secondary N) is 2. The molecule has 4 nitrogen and oxygen atoms in total. The van der Waals surface area contributed by atoms with E-state index in [0.29, 0.717) is 6.04 Å². The Balaban J connectivity index is 1.80. The Labute approximate surface area is 138 Å². The Hall–Kier alpha value is -2.10. The summed E-state index contributed by atoms with van der Waals surface area (Å²) in [5, 5.41) is 7.05. The van der Waals surface area contributed by atoms with Crippen LogP contribution in [-0.2, 0) is 0 Å². The highest BCUT2D eigenvalue weighted by Gasteiger charge is 2.14. The van der Waals surface area contributed by atoms with Crippen LogP contribution in [0.25, 0.3) is 0 Å². The van der Waals surface area contributed by atoms with Gasteiger partial charge in [-0.2, -0.15) is 0 Å². The van der Waals surface area contributed by atoms with Crippen molar-refractivity contribution in [3.8, 4) is 0 Å². The summed E-state index contributed by atoms with van der Waals surface area (Å²) in [5.41, 5.74) is 3.58. The molecule has 1 aromatic carbocycles. The molecule has 0 amide bonds. The molecule has 2 N–H and O–H groups in total. The Morgan fingerprint density at radius 1 is 0.913 bits per heavy atom. The smallest absolute Gasteiger partial charge is 0.136 e. The first-order chi connectivity index (χ1) is 11.1. The van der Waals surface area contributed by atoms with Gasteiger partial charge in [-0.3, -0.25) is 0 Å². The molecule has 0 unspecified atom stereocenters. The normalized spacial score (nSPS) is 15.4. The lowest BCUT2D eigenvalue weighted by Gasteiger charge is -2.23. The van der Waals surface area contributed by atoms with Gasteiger partial charge in [-0.25, -0.2) is 9.97 Å². The Kier molecular flexibility index (Phi) is 4.79. The second-order valence-corrected chi connectivity index (χ2v) is 6.56. The monoisotopic (exact) mass is 310 g/mol. The van der Waals surface area contributed by atoms with Crippen LogP contribution in [0.2, 0.25) is 0 Å². The molecule has 1 aliphatic rings. The Morgan fingerprint density at radius 3 is 2.26 bits per heavy atom. The summed E-state index contributed by atoms with van der Waals surface area (Å²) >= 11 is 0. The van der Waals surface area contributed by atoms with Crippen LogP contribution in [0.3, 0.4) is 0 Å². The van der Waals surface area contributed by atoms with Gasteiger partial charge >= 0.3 is 0 Å². The molecule has 23 heavy (non-hydrogen) atoms. The zero-order chi connectivity index (χ0) is 16.2. The first-order valence-electron chi connectivity index (χ1n) is 8.57. The quantitative estimate of drug-likeness (QED) is 0.844. The maximum Gasteiger partial charge on any atom is 0.136 e. The maximum atomic E-state index is 4.55. The molecular formula is C19H26N4. The third kappa shape index (κ3) is 4.01. The van der Waals surface area contributed by atoms with Gasteiger partial charge in [0, 0.05) is 17.8 Å². The van der Waals surface area contributed by atoms with Crippen LogP contribution in [0.5, 0.6) is 0 Å². The first-order valence-corrected chi connectivity index (χ1v) is 8.57. The van der Waals surface area contributed by atoms with Gasteiger partial charge in [-0.1, -0.05) is 37.5 Å². The van der Waals surface area contributed by atoms with Gasteiger partial charge in [-0.15, -0.1) is 0 Å². The van der Waals surface area contributed by atoms with E-state index in [2.05, 4.69) is 52.6 Å². The number of hydrogen-bond acceptors (Lipinski definition) is 4. The molecule has 2 aromatic rings. The third-order valence-corrected chi connectivity index (χ3v) is 4.53. The van der Waals surface area contributed by atoms with E-state index in [0.717, 1.165) is 23.1 Å². The Morgan fingerprint density at radius 2 is 1.57 bits per heavy atom. The molecular weight excluding hydrogens is 284 g/mol. The Bertz CT molecular complexity index is 655. The van der Waals surface area contributed by atoms with Crippen molar-refractivity contribution < 1.29 is 0 Å². The average molecular weight is 310 g/mol. The lowest BCUT2D eigenvalue weighted by Crippen LogP contribution is -2.23. The van der Waals surface area contributed by atoms with Gasteiger partial charge in [0.2, 0.25) is 0 Å². The number of rotatable bonds is 4. The highest BCUT2D eigenvalue weighted by atomic mass is 15.1. The molecule has 1 fully saturated rings. The van der Waals surface area contributed by atoms with Crippen LogP contribution in [0.1, 0.15) is 49.1 Å². The zero-order valence-electron chi connectivity index (χ0n) is 14.3. The number of nitrogens with zero attached hydrogens (tertiary/aromatic N) is 2. The second-order valence-electron chi connectivity index (χ2n) is 6.56. The van der Waals surface area contributed by atoms with E-state index in [9.17, 15) is 0 Å². The molecule has 0 aliphatic heterocycles. The van der Waals surface area contributed by atoms with Crippen molar-refractivity contribution in [3.05, 3.63) is 41.2 Å². The lowest BCUT2D eigenvalue weighted by atomic mass is 9.95. The van der Waals surface area contributed by atoms with Gasteiger partial charge in [-0.05, 0) is 44.7 Å². The SMILES string of the molecule is Cc1nc(Nc2c(C)cccc2C)cc(NC2CCCCC2)n1. The topological polar surface area (TPSA) is 49.8 Å². The van der Waals surface area contributed by atoms with Crippen molar-refractivity contribution in [1.82, 2.24) is 9.97 Å². The van der Waals surface area contributed by atoms with E-state index in [1.807, 2.05) is 13.0 Å². The molecule has 0 saturated heterocycles. The van der Waals surface area contributed by atoms with Crippen molar-refractivity contribution in [3.63, 3.8) is 0 Å². The highest BCUT2D eigenvalue weighted by Crippen LogP contribution is 2.26. The molecule has 122 valence electrons. The van der Waals surface area contributed by atoms with Crippen LogP contribution in [-0.4, -0.2) is 16.0 Å². The molecule has 4 heteroatoms. The zero-order valence-corrected chi connectivity index (χ0v) is 14.3.